The van der Waals surface area contributed by atoms with Gasteiger partial charge < -0.3 is 14.5 Å². The van der Waals surface area contributed by atoms with E-state index in [0.717, 1.165) is 23.1 Å². The molecule has 0 spiro atoms. The first-order valence-corrected chi connectivity index (χ1v) is 11.7. The molecule has 1 aromatic heterocycles. The van der Waals surface area contributed by atoms with Crippen molar-refractivity contribution in [3.63, 3.8) is 0 Å². The Morgan fingerprint density at radius 2 is 1.97 bits per heavy atom. The molecule has 0 aliphatic heterocycles. The van der Waals surface area contributed by atoms with E-state index in [1.54, 1.807) is 25.1 Å². The van der Waals surface area contributed by atoms with Gasteiger partial charge in [-0.2, -0.15) is 0 Å². The summed E-state index contributed by atoms with van der Waals surface area (Å²) in [4.78, 5) is 17.1. The molecule has 1 heterocycles. The van der Waals surface area contributed by atoms with E-state index >= 15 is 0 Å². The number of carbonyl (C=O) groups excluding carboxylic acids is 1. The molecule has 2 N–H and O–H groups in total. The Bertz CT molecular complexity index is 1370. The van der Waals surface area contributed by atoms with E-state index in [-0.39, 0.29) is 5.11 Å². The van der Waals surface area contributed by atoms with Crippen molar-refractivity contribution in [2.45, 2.75) is 26.4 Å². The smallest absolute Gasteiger partial charge is 0.266 e. The zero-order valence-corrected chi connectivity index (χ0v) is 20.7. The number of anilines is 1. The largest absolute Gasteiger partial charge is 0.479 e. The summed E-state index contributed by atoms with van der Waals surface area (Å²) in [7, 11) is 0. The van der Waals surface area contributed by atoms with Gasteiger partial charge in [0.15, 0.2) is 16.8 Å². The summed E-state index contributed by atoms with van der Waals surface area (Å²) in [6.45, 7) is 3.69. The average molecular weight is 514 g/mol. The van der Waals surface area contributed by atoms with Gasteiger partial charge in [0.1, 0.15) is 11.3 Å². The van der Waals surface area contributed by atoms with Crippen LogP contribution >= 0.6 is 35.4 Å². The number of hydrogen-bond acceptors (Lipinski definition) is 5. The first-order chi connectivity index (χ1) is 16.3. The van der Waals surface area contributed by atoms with Gasteiger partial charge >= 0.3 is 0 Å². The van der Waals surface area contributed by atoms with Crippen molar-refractivity contribution < 1.29 is 13.9 Å². The van der Waals surface area contributed by atoms with Crippen molar-refractivity contribution in [3.8, 4) is 17.2 Å². The van der Waals surface area contributed by atoms with Gasteiger partial charge in [-0.3, -0.25) is 10.1 Å². The molecule has 9 heteroatoms. The molecule has 3 aromatic carbocycles. The molecule has 0 bridgehead atoms. The molecule has 174 valence electrons. The Kier molecular flexibility index (Phi) is 7.36. The van der Waals surface area contributed by atoms with Crippen molar-refractivity contribution >= 4 is 63.2 Å². The minimum Gasteiger partial charge on any atom is -0.479 e. The number of aryl methyl sites for hydroxylation is 1. The Balaban J connectivity index is 1.40. The fourth-order valence-corrected chi connectivity index (χ4v) is 3.91. The highest BCUT2D eigenvalue weighted by Crippen LogP contribution is 2.29. The highest BCUT2D eigenvalue weighted by Gasteiger charge is 2.18. The van der Waals surface area contributed by atoms with Gasteiger partial charge in [0.25, 0.3) is 5.91 Å². The SMILES string of the molecule is CCc1ccc2oc(-c3cccc(NC(=S)NC(=O)C(C)Oc4ccc(Cl)cc4Cl)c3)nc2c1. The van der Waals surface area contributed by atoms with Crippen molar-refractivity contribution in [2.24, 2.45) is 0 Å². The lowest BCUT2D eigenvalue weighted by Crippen LogP contribution is -2.42. The molecule has 6 nitrogen and oxygen atoms in total. The Hall–Kier alpha value is -3.13. The summed E-state index contributed by atoms with van der Waals surface area (Å²) in [5, 5.41) is 6.55. The zero-order valence-electron chi connectivity index (χ0n) is 18.4. The van der Waals surface area contributed by atoms with Crippen LogP contribution in [-0.4, -0.2) is 22.1 Å². The highest BCUT2D eigenvalue weighted by atomic mass is 35.5. The van der Waals surface area contributed by atoms with Crippen LogP contribution in [0.2, 0.25) is 10.0 Å². The molecule has 4 aromatic rings. The minimum absolute atomic E-state index is 0.130. The van der Waals surface area contributed by atoms with E-state index in [9.17, 15) is 4.79 Å². The predicted octanol–water partition coefficient (Wildman–Crippen LogP) is 6.64. The third kappa shape index (κ3) is 5.67. The maximum absolute atomic E-state index is 12.5. The lowest BCUT2D eigenvalue weighted by molar-refractivity contribution is -0.125. The highest BCUT2D eigenvalue weighted by molar-refractivity contribution is 7.80. The Morgan fingerprint density at radius 1 is 1.15 bits per heavy atom. The van der Waals surface area contributed by atoms with Crippen LogP contribution < -0.4 is 15.4 Å². The number of hydrogen-bond donors (Lipinski definition) is 2. The normalized spacial score (nSPS) is 11.8. The van der Waals surface area contributed by atoms with Crippen LogP contribution in [0, 0.1) is 0 Å². The second kappa shape index (κ2) is 10.4. The van der Waals surface area contributed by atoms with Gasteiger partial charge in [-0.1, -0.05) is 42.3 Å². The quantitative estimate of drug-likeness (QED) is 0.281. The van der Waals surface area contributed by atoms with Crippen LogP contribution in [0.4, 0.5) is 5.69 Å². The van der Waals surface area contributed by atoms with E-state index in [2.05, 4.69) is 22.5 Å². The molecule has 1 unspecified atom stereocenters. The number of nitrogens with zero attached hydrogens (tertiary/aromatic N) is 1. The topological polar surface area (TPSA) is 76.4 Å². The number of amides is 1. The number of carbonyl (C=O) groups is 1. The molecule has 1 amide bonds. The number of rotatable bonds is 6. The third-order valence-electron chi connectivity index (χ3n) is 5.03. The second-order valence-corrected chi connectivity index (χ2v) is 8.79. The maximum Gasteiger partial charge on any atom is 0.266 e. The van der Waals surface area contributed by atoms with Gasteiger partial charge in [0, 0.05) is 16.3 Å². The lowest BCUT2D eigenvalue weighted by Gasteiger charge is -2.16. The number of halogens is 2. The summed E-state index contributed by atoms with van der Waals surface area (Å²) >= 11 is 17.3. The molecule has 1 atom stereocenters. The van der Waals surface area contributed by atoms with E-state index in [0.29, 0.717) is 27.4 Å². The van der Waals surface area contributed by atoms with Crippen LogP contribution in [0.1, 0.15) is 19.4 Å². The van der Waals surface area contributed by atoms with E-state index < -0.39 is 12.0 Å². The molecule has 0 aliphatic rings. The van der Waals surface area contributed by atoms with Gasteiger partial charge in [0.05, 0.1) is 5.02 Å². The van der Waals surface area contributed by atoms with E-state index in [1.165, 1.54) is 5.56 Å². The fourth-order valence-electron chi connectivity index (χ4n) is 3.24. The van der Waals surface area contributed by atoms with Crippen LogP contribution in [0.15, 0.2) is 65.1 Å². The number of thiocarbonyl (C=S) groups is 1. The summed E-state index contributed by atoms with van der Waals surface area (Å²) in [5.41, 5.74) is 4.19. The molecule has 0 saturated heterocycles. The second-order valence-electron chi connectivity index (χ2n) is 7.53. The zero-order chi connectivity index (χ0) is 24.2. The molecular formula is C25H21Cl2N3O3S. The number of aromatic nitrogens is 1. The number of oxazole rings is 1. The number of ether oxygens (including phenoxy) is 1. The van der Waals surface area contributed by atoms with Crippen LogP contribution in [0.3, 0.4) is 0 Å². The van der Waals surface area contributed by atoms with E-state index in [1.807, 2.05) is 42.5 Å². The van der Waals surface area contributed by atoms with Gasteiger partial charge in [0.2, 0.25) is 5.89 Å². The minimum atomic E-state index is -0.836. The van der Waals surface area contributed by atoms with Gasteiger partial charge in [-0.15, -0.1) is 0 Å². The summed E-state index contributed by atoms with van der Waals surface area (Å²) < 4.78 is 11.5. The van der Waals surface area contributed by atoms with Crippen LogP contribution in [0.25, 0.3) is 22.6 Å². The first-order valence-electron chi connectivity index (χ1n) is 10.6. The van der Waals surface area contributed by atoms with Crippen molar-refractivity contribution in [3.05, 3.63) is 76.3 Å². The third-order valence-corrected chi connectivity index (χ3v) is 5.77. The Labute approximate surface area is 212 Å². The molecule has 4 rings (SSSR count). The molecule has 0 fully saturated rings. The summed E-state index contributed by atoms with van der Waals surface area (Å²) in [6.07, 6.45) is 0.0920. The summed E-state index contributed by atoms with van der Waals surface area (Å²) in [6, 6.07) is 18.2. The van der Waals surface area contributed by atoms with Crippen LogP contribution in [-0.2, 0) is 11.2 Å². The van der Waals surface area contributed by atoms with Gasteiger partial charge in [-0.25, -0.2) is 4.98 Å². The molecule has 34 heavy (non-hydrogen) atoms. The van der Waals surface area contributed by atoms with Gasteiger partial charge in [-0.05, 0) is 79.7 Å². The first kappa shape index (κ1) is 24.0. The molecule has 0 saturated carbocycles. The fraction of sp³-hybridized carbons (Fsp3) is 0.160. The number of nitrogens with one attached hydrogen (secondary N) is 2. The van der Waals surface area contributed by atoms with Crippen molar-refractivity contribution in [2.75, 3.05) is 5.32 Å². The summed E-state index contributed by atoms with van der Waals surface area (Å²) in [5.74, 6) is 0.429. The average Bonchev–Trinajstić information content (AvgIpc) is 3.24. The van der Waals surface area contributed by atoms with Crippen molar-refractivity contribution in [1.82, 2.24) is 10.3 Å². The Morgan fingerprint density at radius 3 is 2.74 bits per heavy atom. The lowest BCUT2D eigenvalue weighted by atomic mass is 10.1. The van der Waals surface area contributed by atoms with Crippen molar-refractivity contribution in [1.29, 1.82) is 0 Å². The molecule has 0 radical (unpaired) electrons. The standard InChI is InChI=1S/C25H21Cl2N3O3S/c1-3-15-7-9-22-20(11-15)29-24(33-22)16-5-4-6-18(12-16)28-25(34)30-23(31)14(2)32-21-10-8-17(26)13-19(21)27/h4-14H,3H2,1-2H3,(H2,28,30,31,34). The van der Waals surface area contributed by atoms with E-state index in [4.69, 9.17) is 44.6 Å². The molecular weight excluding hydrogens is 493 g/mol. The van der Waals surface area contributed by atoms with Crippen LogP contribution in [0.5, 0.6) is 5.75 Å². The predicted molar refractivity (Wildman–Crippen MR) is 140 cm³/mol. The molecule has 0 aliphatic carbocycles. The number of benzene rings is 3. The monoisotopic (exact) mass is 513 g/mol. The number of fused-ring (bicyclic) bond motifs is 1. The maximum atomic E-state index is 12.5.